The topological polar surface area (TPSA) is 23.5 Å². The van der Waals surface area contributed by atoms with Crippen molar-refractivity contribution in [2.24, 2.45) is 0 Å². The number of hydrogen-bond acceptors (Lipinski definition) is 2. The van der Waals surface area contributed by atoms with Crippen LogP contribution in [0.1, 0.15) is 5.56 Å². The SMILES string of the molecule is Cc1ccccc1N(c1ccccc1)c1ccccc1O. The zero-order valence-electron chi connectivity index (χ0n) is 11.9. The third-order valence-electron chi connectivity index (χ3n) is 3.49. The summed E-state index contributed by atoms with van der Waals surface area (Å²) in [6, 6.07) is 25.6. The zero-order chi connectivity index (χ0) is 14.7. The van der Waals surface area contributed by atoms with Gasteiger partial charge in [0.25, 0.3) is 0 Å². The van der Waals surface area contributed by atoms with Crippen LogP contribution in [0.5, 0.6) is 5.75 Å². The van der Waals surface area contributed by atoms with Gasteiger partial charge in [0.05, 0.1) is 5.69 Å². The molecule has 2 heteroatoms. The summed E-state index contributed by atoms with van der Waals surface area (Å²) in [6.07, 6.45) is 0. The predicted molar refractivity (Wildman–Crippen MR) is 87.5 cm³/mol. The first kappa shape index (κ1) is 13.3. The van der Waals surface area contributed by atoms with E-state index in [9.17, 15) is 5.11 Å². The molecule has 1 N–H and O–H groups in total. The van der Waals surface area contributed by atoms with Crippen LogP contribution in [0.15, 0.2) is 78.9 Å². The normalized spacial score (nSPS) is 10.3. The molecule has 0 amide bonds. The van der Waals surface area contributed by atoms with Crippen molar-refractivity contribution in [3.8, 4) is 5.75 Å². The van der Waals surface area contributed by atoms with Crippen LogP contribution in [0.25, 0.3) is 0 Å². The summed E-state index contributed by atoms with van der Waals surface area (Å²) in [5, 5.41) is 10.3. The average Bonchev–Trinajstić information content (AvgIpc) is 2.52. The number of rotatable bonds is 3. The molecule has 2 nitrogen and oxygen atoms in total. The molecular formula is C19H17NO. The third kappa shape index (κ3) is 2.61. The Morgan fingerprint density at radius 3 is 1.90 bits per heavy atom. The molecule has 0 radical (unpaired) electrons. The quantitative estimate of drug-likeness (QED) is 0.712. The number of aryl methyl sites for hydroxylation is 1. The molecule has 0 spiro atoms. The van der Waals surface area contributed by atoms with Crippen molar-refractivity contribution in [3.63, 3.8) is 0 Å². The summed E-state index contributed by atoms with van der Waals surface area (Å²) in [4.78, 5) is 2.07. The summed E-state index contributed by atoms with van der Waals surface area (Å²) in [6.45, 7) is 2.07. The van der Waals surface area contributed by atoms with E-state index < -0.39 is 0 Å². The molecule has 0 bridgehead atoms. The molecule has 104 valence electrons. The Kier molecular flexibility index (Phi) is 3.61. The van der Waals surface area contributed by atoms with Crippen molar-refractivity contribution >= 4 is 17.1 Å². The van der Waals surface area contributed by atoms with Crippen LogP contribution in [-0.4, -0.2) is 5.11 Å². The lowest BCUT2D eigenvalue weighted by molar-refractivity contribution is 0.476. The number of para-hydroxylation sites is 4. The van der Waals surface area contributed by atoms with Gasteiger partial charge in [-0.2, -0.15) is 0 Å². The Bertz CT molecular complexity index is 692. The maximum atomic E-state index is 10.3. The van der Waals surface area contributed by atoms with E-state index in [2.05, 4.69) is 24.0 Å². The van der Waals surface area contributed by atoms with Gasteiger partial charge >= 0.3 is 0 Å². The molecule has 0 atom stereocenters. The Balaban J connectivity index is 2.22. The zero-order valence-corrected chi connectivity index (χ0v) is 11.9. The molecule has 0 aliphatic heterocycles. The van der Waals surface area contributed by atoms with Gasteiger partial charge < -0.3 is 10.0 Å². The van der Waals surface area contributed by atoms with Gasteiger partial charge in [-0.3, -0.25) is 0 Å². The van der Waals surface area contributed by atoms with Gasteiger partial charge in [-0.1, -0.05) is 48.5 Å². The first-order chi connectivity index (χ1) is 10.3. The molecule has 3 aromatic carbocycles. The van der Waals surface area contributed by atoms with Crippen LogP contribution in [0.2, 0.25) is 0 Å². The van der Waals surface area contributed by atoms with Gasteiger partial charge in [0, 0.05) is 11.4 Å². The first-order valence-corrected chi connectivity index (χ1v) is 6.96. The largest absolute Gasteiger partial charge is 0.506 e. The minimum atomic E-state index is 0.268. The molecule has 0 aliphatic rings. The van der Waals surface area contributed by atoms with E-state index in [1.165, 1.54) is 0 Å². The Hall–Kier alpha value is -2.74. The average molecular weight is 275 g/mol. The Labute approximate surface area is 124 Å². The highest BCUT2D eigenvalue weighted by molar-refractivity contribution is 5.81. The van der Waals surface area contributed by atoms with Crippen LogP contribution in [0, 0.1) is 6.92 Å². The van der Waals surface area contributed by atoms with Crippen molar-refractivity contribution in [1.82, 2.24) is 0 Å². The maximum Gasteiger partial charge on any atom is 0.139 e. The molecule has 0 fully saturated rings. The fraction of sp³-hybridized carbons (Fsp3) is 0.0526. The summed E-state index contributed by atoms with van der Waals surface area (Å²) in [5.74, 6) is 0.268. The Morgan fingerprint density at radius 1 is 0.667 bits per heavy atom. The standard InChI is InChI=1S/C19H17NO/c1-15-9-5-6-12-17(15)20(16-10-3-2-4-11-16)18-13-7-8-14-19(18)21/h2-14,21H,1H3. The van der Waals surface area contributed by atoms with Crippen molar-refractivity contribution < 1.29 is 5.11 Å². The summed E-state index contributed by atoms with van der Waals surface area (Å²) in [7, 11) is 0. The number of phenols is 1. The van der Waals surface area contributed by atoms with Crippen LogP contribution in [0.4, 0.5) is 17.1 Å². The first-order valence-electron chi connectivity index (χ1n) is 6.96. The van der Waals surface area contributed by atoms with Crippen LogP contribution >= 0.6 is 0 Å². The van der Waals surface area contributed by atoms with E-state index in [0.717, 1.165) is 22.6 Å². The molecule has 0 unspecified atom stereocenters. The number of aromatic hydroxyl groups is 1. The summed E-state index contributed by atoms with van der Waals surface area (Å²) >= 11 is 0. The molecule has 21 heavy (non-hydrogen) atoms. The minimum absolute atomic E-state index is 0.268. The molecule has 0 heterocycles. The molecule has 3 aromatic rings. The van der Waals surface area contributed by atoms with E-state index in [1.54, 1.807) is 6.07 Å². The van der Waals surface area contributed by atoms with Gasteiger partial charge in [-0.05, 0) is 42.8 Å². The fourth-order valence-electron chi connectivity index (χ4n) is 2.45. The highest BCUT2D eigenvalue weighted by Crippen LogP contribution is 2.40. The molecule has 0 saturated heterocycles. The van der Waals surface area contributed by atoms with Crippen molar-refractivity contribution in [1.29, 1.82) is 0 Å². The second-order valence-electron chi connectivity index (χ2n) is 4.95. The van der Waals surface area contributed by atoms with Crippen molar-refractivity contribution in [2.45, 2.75) is 6.92 Å². The maximum absolute atomic E-state index is 10.3. The van der Waals surface area contributed by atoms with Gasteiger partial charge in [-0.25, -0.2) is 0 Å². The number of phenolic OH excluding ortho intramolecular Hbond substituents is 1. The molecule has 0 aromatic heterocycles. The number of nitrogens with zero attached hydrogens (tertiary/aromatic N) is 1. The van der Waals surface area contributed by atoms with E-state index in [-0.39, 0.29) is 5.75 Å². The lowest BCUT2D eigenvalue weighted by Gasteiger charge is -2.27. The van der Waals surface area contributed by atoms with Gasteiger partial charge in [0.15, 0.2) is 0 Å². The molecule has 0 aliphatic carbocycles. The number of hydrogen-bond donors (Lipinski definition) is 1. The lowest BCUT2D eigenvalue weighted by atomic mass is 10.1. The summed E-state index contributed by atoms with van der Waals surface area (Å²) in [5.41, 5.74) is 4.01. The fourth-order valence-corrected chi connectivity index (χ4v) is 2.45. The lowest BCUT2D eigenvalue weighted by Crippen LogP contribution is -2.11. The minimum Gasteiger partial charge on any atom is -0.506 e. The van der Waals surface area contributed by atoms with Gasteiger partial charge in [-0.15, -0.1) is 0 Å². The molecule has 3 rings (SSSR count). The highest BCUT2D eigenvalue weighted by atomic mass is 16.3. The summed E-state index contributed by atoms with van der Waals surface area (Å²) < 4.78 is 0. The van der Waals surface area contributed by atoms with Crippen LogP contribution in [0.3, 0.4) is 0 Å². The van der Waals surface area contributed by atoms with E-state index in [0.29, 0.717) is 0 Å². The van der Waals surface area contributed by atoms with Gasteiger partial charge in [0.1, 0.15) is 5.75 Å². The molecular weight excluding hydrogens is 258 g/mol. The van der Waals surface area contributed by atoms with Crippen molar-refractivity contribution in [2.75, 3.05) is 4.90 Å². The van der Waals surface area contributed by atoms with Crippen LogP contribution in [-0.2, 0) is 0 Å². The second-order valence-corrected chi connectivity index (χ2v) is 4.95. The number of benzene rings is 3. The van der Waals surface area contributed by atoms with Gasteiger partial charge in [0.2, 0.25) is 0 Å². The predicted octanol–water partition coefficient (Wildman–Crippen LogP) is 5.17. The van der Waals surface area contributed by atoms with E-state index >= 15 is 0 Å². The molecule has 0 saturated carbocycles. The number of anilines is 3. The van der Waals surface area contributed by atoms with E-state index in [1.807, 2.05) is 60.7 Å². The monoisotopic (exact) mass is 275 g/mol. The smallest absolute Gasteiger partial charge is 0.139 e. The third-order valence-corrected chi connectivity index (χ3v) is 3.49. The van der Waals surface area contributed by atoms with Crippen LogP contribution < -0.4 is 4.90 Å². The van der Waals surface area contributed by atoms with E-state index in [4.69, 9.17) is 0 Å². The second kappa shape index (κ2) is 5.71. The Morgan fingerprint density at radius 2 is 1.24 bits per heavy atom. The highest BCUT2D eigenvalue weighted by Gasteiger charge is 2.16. The van der Waals surface area contributed by atoms with Crippen molar-refractivity contribution in [3.05, 3.63) is 84.4 Å².